The molecule has 2 heterocycles. The summed E-state index contributed by atoms with van der Waals surface area (Å²) in [5.74, 6) is 0. The Bertz CT molecular complexity index is 359. The second-order valence-electron chi connectivity index (χ2n) is 5.52. The van der Waals surface area contributed by atoms with Crippen molar-refractivity contribution in [1.29, 1.82) is 0 Å². The molecule has 0 aliphatic carbocycles. The molecule has 19 heavy (non-hydrogen) atoms. The third-order valence-electron chi connectivity index (χ3n) is 4.30. The SMILES string of the molecule is CCN(CC)C1CCN(C(c2ccsc2)C(C)N)C1. The highest BCUT2D eigenvalue weighted by Crippen LogP contribution is 2.30. The largest absolute Gasteiger partial charge is 0.326 e. The van der Waals surface area contributed by atoms with Gasteiger partial charge in [0.2, 0.25) is 0 Å². The lowest BCUT2D eigenvalue weighted by Crippen LogP contribution is -2.41. The molecular weight excluding hydrogens is 254 g/mol. The van der Waals surface area contributed by atoms with E-state index in [9.17, 15) is 0 Å². The Morgan fingerprint density at radius 2 is 2.21 bits per heavy atom. The summed E-state index contributed by atoms with van der Waals surface area (Å²) in [6.07, 6.45) is 1.27. The maximum Gasteiger partial charge on any atom is 0.0505 e. The molecule has 0 spiro atoms. The first-order chi connectivity index (χ1) is 9.17. The molecule has 1 aromatic heterocycles. The second kappa shape index (κ2) is 6.84. The number of hydrogen-bond acceptors (Lipinski definition) is 4. The van der Waals surface area contributed by atoms with Crippen LogP contribution in [0.3, 0.4) is 0 Å². The summed E-state index contributed by atoms with van der Waals surface area (Å²) in [6.45, 7) is 11.3. The van der Waals surface area contributed by atoms with Crippen LogP contribution in [-0.2, 0) is 0 Å². The van der Waals surface area contributed by atoms with Gasteiger partial charge in [0, 0.05) is 25.2 Å². The van der Waals surface area contributed by atoms with Crippen molar-refractivity contribution < 1.29 is 0 Å². The lowest BCUT2D eigenvalue weighted by Gasteiger charge is -2.32. The number of thiophene rings is 1. The van der Waals surface area contributed by atoms with Crippen LogP contribution < -0.4 is 5.73 Å². The summed E-state index contributed by atoms with van der Waals surface area (Å²) in [7, 11) is 0. The zero-order chi connectivity index (χ0) is 13.8. The van der Waals surface area contributed by atoms with Crippen molar-refractivity contribution in [2.24, 2.45) is 5.73 Å². The molecule has 4 heteroatoms. The third kappa shape index (κ3) is 3.37. The Labute approximate surface area is 121 Å². The predicted octanol–water partition coefficient (Wildman–Crippen LogP) is 2.55. The standard InChI is InChI=1S/C15H27N3S/c1-4-17(5-2)14-6-8-18(10-14)15(12(3)16)13-7-9-19-11-13/h7,9,11-12,14-15H,4-6,8,10,16H2,1-3H3. The van der Waals surface area contributed by atoms with Crippen LogP contribution in [0.2, 0.25) is 0 Å². The fourth-order valence-corrected chi connectivity index (χ4v) is 4.04. The molecule has 1 aliphatic rings. The lowest BCUT2D eigenvalue weighted by molar-refractivity contribution is 0.176. The second-order valence-corrected chi connectivity index (χ2v) is 6.30. The maximum absolute atomic E-state index is 6.24. The smallest absolute Gasteiger partial charge is 0.0505 e. The first-order valence-corrected chi connectivity index (χ1v) is 8.37. The third-order valence-corrected chi connectivity index (χ3v) is 5.00. The Hall–Kier alpha value is -0.420. The van der Waals surface area contributed by atoms with Crippen LogP contribution in [-0.4, -0.2) is 48.1 Å². The highest BCUT2D eigenvalue weighted by Gasteiger charge is 2.33. The topological polar surface area (TPSA) is 32.5 Å². The van der Waals surface area contributed by atoms with Gasteiger partial charge >= 0.3 is 0 Å². The number of nitrogens with zero attached hydrogens (tertiary/aromatic N) is 2. The van der Waals surface area contributed by atoms with Crippen molar-refractivity contribution in [2.75, 3.05) is 26.2 Å². The number of likely N-dealkylation sites (tertiary alicyclic amines) is 1. The van der Waals surface area contributed by atoms with Crippen LogP contribution in [0.4, 0.5) is 0 Å². The molecule has 0 aromatic carbocycles. The number of likely N-dealkylation sites (N-methyl/N-ethyl adjacent to an activating group) is 1. The van der Waals surface area contributed by atoms with Crippen molar-refractivity contribution in [2.45, 2.75) is 45.3 Å². The van der Waals surface area contributed by atoms with E-state index in [0.29, 0.717) is 12.1 Å². The summed E-state index contributed by atoms with van der Waals surface area (Å²) < 4.78 is 0. The van der Waals surface area contributed by atoms with Crippen LogP contribution in [0, 0.1) is 0 Å². The number of rotatable bonds is 6. The van der Waals surface area contributed by atoms with E-state index in [1.54, 1.807) is 11.3 Å². The number of nitrogens with two attached hydrogens (primary N) is 1. The van der Waals surface area contributed by atoms with E-state index in [-0.39, 0.29) is 6.04 Å². The molecule has 2 N–H and O–H groups in total. The minimum atomic E-state index is 0.185. The van der Waals surface area contributed by atoms with Crippen LogP contribution in [0.15, 0.2) is 16.8 Å². The molecule has 1 aliphatic heterocycles. The van der Waals surface area contributed by atoms with Gasteiger partial charge in [0.25, 0.3) is 0 Å². The van der Waals surface area contributed by atoms with Crippen molar-refractivity contribution >= 4 is 11.3 Å². The molecule has 1 saturated heterocycles. The van der Waals surface area contributed by atoms with E-state index in [1.165, 1.54) is 18.5 Å². The van der Waals surface area contributed by atoms with Crippen molar-refractivity contribution in [3.05, 3.63) is 22.4 Å². The minimum absolute atomic E-state index is 0.185. The summed E-state index contributed by atoms with van der Waals surface area (Å²) in [6, 6.07) is 3.50. The molecule has 0 bridgehead atoms. The molecule has 2 rings (SSSR count). The van der Waals surface area contributed by atoms with Gasteiger partial charge in [-0.2, -0.15) is 11.3 Å². The Balaban J connectivity index is 2.05. The monoisotopic (exact) mass is 281 g/mol. The highest BCUT2D eigenvalue weighted by atomic mass is 32.1. The van der Waals surface area contributed by atoms with E-state index in [1.807, 2.05) is 0 Å². The Kier molecular flexibility index (Phi) is 5.39. The summed E-state index contributed by atoms with van der Waals surface area (Å²) in [5, 5.41) is 4.40. The van der Waals surface area contributed by atoms with Crippen LogP contribution >= 0.6 is 11.3 Å². The molecule has 0 amide bonds. The van der Waals surface area contributed by atoms with E-state index >= 15 is 0 Å². The molecule has 1 aromatic rings. The lowest BCUT2D eigenvalue weighted by atomic mass is 10.0. The molecule has 0 saturated carbocycles. The zero-order valence-corrected chi connectivity index (χ0v) is 13.2. The van der Waals surface area contributed by atoms with E-state index in [0.717, 1.165) is 19.6 Å². The van der Waals surface area contributed by atoms with Crippen molar-refractivity contribution in [3.63, 3.8) is 0 Å². The van der Waals surface area contributed by atoms with Gasteiger partial charge in [0.15, 0.2) is 0 Å². The first kappa shape index (κ1) is 15.0. The first-order valence-electron chi connectivity index (χ1n) is 7.43. The summed E-state index contributed by atoms with van der Waals surface area (Å²) >= 11 is 1.77. The predicted molar refractivity (Wildman–Crippen MR) is 83.6 cm³/mol. The van der Waals surface area contributed by atoms with Gasteiger partial charge in [-0.25, -0.2) is 0 Å². The molecule has 0 radical (unpaired) electrons. The maximum atomic E-state index is 6.24. The van der Waals surface area contributed by atoms with Gasteiger partial charge in [-0.15, -0.1) is 0 Å². The van der Waals surface area contributed by atoms with Crippen molar-refractivity contribution in [1.82, 2.24) is 9.80 Å². The summed E-state index contributed by atoms with van der Waals surface area (Å²) in [4.78, 5) is 5.15. The van der Waals surface area contributed by atoms with E-state index in [4.69, 9.17) is 5.73 Å². The van der Waals surface area contributed by atoms with E-state index in [2.05, 4.69) is 47.4 Å². The van der Waals surface area contributed by atoms with Gasteiger partial charge in [0.05, 0.1) is 6.04 Å². The Morgan fingerprint density at radius 3 is 2.74 bits per heavy atom. The van der Waals surface area contributed by atoms with Gasteiger partial charge in [-0.05, 0) is 48.8 Å². The quantitative estimate of drug-likeness (QED) is 0.870. The van der Waals surface area contributed by atoms with Gasteiger partial charge in [-0.1, -0.05) is 13.8 Å². The normalized spacial score (nSPS) is 23.9. The average molecular weight is 281 g/mol. The average Bonchev–Trinajstić information content (AvgIpc) is 3.03. The fourth-order valence-electron chi connectivity index (χ4n) is 3.35. The fraction of sp³-hybridized carbons (Fsp3) is 0.733. The summed E-state index contributed by atoms with van der Waals surface area (Å²) in [5.41, 5.74) is 7.63. The van der Waals surface area contributed by atoms with Crippen molar-refractivity contribution in [3.8, 4) is 0 Å². The molecule has 1 fully saturated rings. The molecule has 3 unspecified atom stereocenters. The highest BCUT2D eigenvalue weighted by molar-refractivity contribution is 7.07. The molecule has 3 atom stereocenters. The van der Waals surface area contributed by atoms with Crippen LogP contribution in [0.1, 0.15) is 38.8 Å². The van der Waals surface area contributed by atoms with Crippen LogP contribution in [0.5, 0.6) is 0 Å². The number of hydrogen-bond donors (Lipinski definition) is 1. The van der Waals surface area contributed by atoms with Crippen LogP contribution in [0.25, 0.3) is 0 Å². The van der Waals surface area contributed by atoms with Gasteiger partial charge in [0.1, 0.15) is 0 Å². The van der Waals surface area contributed by atoms with E-state index < -0.39 is 0 Å². The molecule has 3 nitrogen and oxygen atoms in total. The zero-order valence-electron chi connectivity index (χ0n) is 12.4. The van der Waals surface area contributed by atoms with Gasteiger partial charge in [-0.3, -0.25) is 9.80 Å². The molecular formula is C15H27N3S. The molecule has 108 valence electrons. The Morgan fingerprint density at radius 1 is 1.47 bits per heavy atom. The van der Waals surface area contributed by atoms with Gasteiger partial charge < -0.3 is 5.73 Å². The minimum Gasteiger partial charge on any atom is -0.326 e.